The van der Waals surface area contributed by atoms with Gasteiger partial charge in [-0.05, 0) is 38.5 Å². The van der Waals surface area contributed by atoms with Crippen molar-refractivity contribution in [3.05, 3.63) is 47.3 Å². The fraction of sp³-hybridized carbons (Fsp3) is 0.312. The predicted molar refractivity (Wildman–Crippen MR) is 81.6 cm³/mol. The molecule has 1 aromatic heterocycles. The lowest BCUT2D eigenvalue weighted by molar-refractivity contribution is 0.0986. The van der Waals surface area contributed by atoms with Crippen molar-refractivity contribution in [3.8, 4) is 5.75 Å². The van der Waals surface area contributed by atoms with Crippen LogP contribution in [0.15, 0.2) is 30.3 Å². The minimum absolute atomic E-state index is 0.127. The van der Waals surface area contributed by atoms with Crippen LogP contribution in [0.3, 0.4) is 0 Å². The van der Waals surface area contributed by atoms with Crippen LogP contribution < -0.4 is 4.90 Å². The summed E-state index contributed by atoms with van der Waals surface area (Å²) in [5, 5.41) is 17.7. The summed E-state index contributed by atoms with van der Waals surface area (Å²) in [5.74, 6) is 0.0106. The molecule has 0 aliphatic heterocycles. The first kappa shape index (κ1) is 15.0. The molecule has 2 aromatic rings. The Bertz CT molecular complexity index is 656. The van der Waals surface area contributed by atoms with Crippen molar-refractivity contribution in [1.82, 2.24) is 10.2 Å². The summed E-state index contributed by atoms with van der Waals surface area (Å²) < 4.78 is 0. The Kier molecular flexibility index (Phi) is 4.52. The molecule has 0 bridgehead atoms. The third-order valence-electron chi connectivity index (χ3n) is 3.26. The number of aryl methyl sites for hydroxylation is 2. The van der Waals surface area contributed by atoms with Crippen LogP contribution >= 0.6 is 0 Å². The zero-order chi connectivity index (χ0) is 15.4. The van der Waals surface area contributed by atoms with Gasteiger partial charge in [-0.1, -0.05) is 13.0 Å². The maximum atomic E-state index is 12.8. The van der Waals surface area contributed by atoms with E-state index in [1.54, 1.807) is 35.2 Å². The van der Waals surface area contributed by atoms with E-state index in [1.807, 2.05) is 20.8 Å². The zero-order valence-corrected chi connectivity index (χ0v) is 12.5. The van der Waals surface area contributed by atoms with Crippen LogP contribution in [0.5, 0.6) is 5.75 Å². The van der Waals surface area contributed by atoms with Crippen LogP contribution in [-0.4, -0.2) is 27.8 Å². The fourth-order valence-corrected chi connectivity index (χ4v) is 2.21. The van der Waals surface area contributed by atoms with Gasteiger partial charge < -0.3 is 10.0 Å². The highest BCUT2D eigenvalue weighted by atomic mass is 16.3. The monoisotopic (exact) mass is 285 g/mol. The van der Waals surface area contributed by atoms with Gasteiger partial charge >= 0.3 is 0 Å². The van der Waals surface area contributed by atoms with Gasteiger partial charge in [-0.15, -0.1) is 0 Å². The fourth-order valence-electron chi connectivity index (χ4n) is 2.21. The first-order valence-corrected chi connectivity index (χ1v) is 7.00. The highest BCUT2D eigenvalue weighted by molar-refractivity contribution is 6.06. The van der Waals surface area contributed by atoms with E-state index >= 15 is 0 Å². The van der Waals surface area contributed by atoms with E-state index in [-0.39, 0.29) is 11.7 Å². The Balaban J connectivity index is 2.43. The number of rotatable bonds is 4. The number of amides is 1. The van der Waals surface area contributed by atoms with E-state index in [0.717, 1.165) is 0 Å². The molecule has 0 aliphatic rings. The topological polar surface area (TPSA) is 66.3 Å². The molecule has 2 rings (SSSR count). The number of aromatic nitrogens is 2. The van der Waals surface area contributed by atoms with Crippen molar-refractivity contribution < 1.29 is 9.90 Å². The molecule has 21 heavy (non-hydrogen) atoms. The van der Waals surface area contributed by atoms with Gasteiger partial charge in [0.15, 0.2) is 0 Å². The molecule has 0 atom stereocenters. The number of hydrogen-bond donors (Lipinski definition) is 1. The second-order valence-corrected chi connectivity index (χ2v) is 4.77. The van der Waals surface area contributed by atoms with Gasteiger partial charge in [0.05, 0.1) is 17.0 Å². The number of carbonyl (C=O) groups is 1. The molecule has 5 nitrogen and oxygen atoms in total. The molecular formula is C16H19N3O2. The number of phenolic OH excluding ortho intramolecular Hbond substituents is 1. The second kappa shape index (κ2) is 6.35. The van der Waals surface area contributed by atoms with Gasteiger partial charge in [-0.25, -0.2) is 0 Å². The lowest BCUT2D eigenvalue weighted by Gasteiger charge is -2.22. The smallest absolute Gasteiger partial charge is 0.260 e. The maximum Gasteiger partial charge on any atom is 0.260 e. The molecule has 1 aromatic carbocycles. The third kappa shape index (κ3) is 3.18. The van der Waals surface area contributed by atoms with Gasteiger partial charge in [-0.3, -0.25) is 4.79 Å². The van der Waals surface area contributed by atoms with E-state index in [1.165, 1.54) is 0 Å². The first-order chi connectivity index (χ1) is 10.1. The lowest BCUT2D eigenvalue weighted by Crippen LogP contribution is -2.31. The normalized spacial score (nSPS) is 10.4. The second-order valence-electron chi connectivity index (χ2n) is 4.77. The number of phenols is 1. The molecule has 0 aliphatic carbocycles. The number of anilines is 1. The maximum absolute atomic E-state index is 12.8. The quantitative estimate of drug-likeness (QED) is 0.938. The van der Waals surface area contributed by atoms with Crippen LogP contribution in [-0.2, 0) is 6.42 Å². The van der Waals surface area contributed by atoms with Crippen molar-refractivity contribution in [2.45, 2.75) is 27.2 Å². The standard InChI is InChI=1S/C16H19N3O2/c1-4-15-14(9-11(3)17-18-15)16(21)19(5-2)12-7-6-8-13(20)10-12/h6-10,20H,4-5H2,1-3H3. The summed E-state index contributed by atoms with van der Waals surface area (Å²) in [4.78, 5) is 14.4. The molecule has 0 fully saturated rings. The SMILES string of the molecule is CCc1nnc(C)cc1C(=O)N(CC)c1cccc(O)c1. The minimum Gasteiger partial charge on any atom is -0.508 e. The van der Waals surface area contributed by atoms with Crippen molar-refractivity contribution in [3.63, 3.8) is 0 Å². The van der Waals surface area contributed by atoms with E-state index in [2.05, 4.69) is 10.2 Å². The largest absolute Gasteiger partial charge is 0.508 e. The lowest BCUT2D eigenvalue weighted by atomic mass is 10.1. The van der Waals surface area contributed by atoms with Crippen molar-refractivity contribution in [1.29, 1.82) is 0 Å². The molecule has 0 unspecified atom stereocenters. The predicted octanol–water partition coefficient (Wildman–Crippen LogP) is 2.72. The van der Waals surface area contributed by atoms with Crippen molar-refractivity contribution >= 4 is 11.6 Å². The van der Waals surface area contributed by atoms with Gasteiger partial charge in [0.1, 0.15) is 5.75 Å². The molecule has 1 N–H and O–H groups in total. The molecule has 1 heterocycles. The van der Waals surface area contributed by atoms with Gasteiger partial charge in [0.25, 0.3) is 5.91 Å². The van der Waals surface area contributed by atoms with E-state index in [4.69, 9.17) is 0 Å². The van der Waals surface area contributed by atoms with Crippen molar-refractivity contribution in [2.75, 3.05) is 11.4 Å². The number of benzene rings is 1. The Morgan fingerprint density at radius 1 is 1.24 bits per heavy atom. The molecule has 110 valence electrons. The number of aromatic hydroxyl groups is 1. The van der Waals surface area contributed by atoms with Crippen LogP contribution in [0.25, 0.3) is 0 Å². The summed E-state index contributed by atoms with van der Waals surface area (Å²) in [5.41, 5.74) is 2.63. The summed E-state index contributed by atoms with van der Waals surface area (Å²) in [6.07, 6.45) is 0.645. The Morgan fingerprint density at radius 3 is 2.62 bits per heavy atom. The highest BCUT2D eigenvalue weighted by Gasteiger charge is 2.20. The summed E-state index contributed by atoms with van der Waals surface area (Å²) in [6.45, 7) is 6.16. The number of hydrogen-bond acceptors (Lipinski definition) is 4. The van der Waals surface area contributed by atoms with Crippen molar-refractivity contribution in [2.24, 2.45) is 0 Å². The molecular weight excluding hydrogens is 266 g/mol. The van der Waals surface area contributed by atoms with E-state index in [0.29, 0.717) is 35.6 Å². The van der Waals surface area contributed by atoms with Crippen LogP contribution in [0.4, 0.5) is 5.69 Å². The Morgan fingerprint density at radius 2 is 2.00 bits per heavy atom. The third-order valence-corrected chi connectivity index (χ3v) is 3.26. The summed E-state index contributed by atoms with van der Waals surface area (Å²) in [7, 11) is 0. The van der Waals surface area contributed by atoms with Gasteiger partial charge in [-0.2, -0.15) is 10.2 Å². The van der Waals surface area contributed by atoms with Crippen LogP contribution in [0, 0.1) is 6.92 Å². The molecule has 0 spiro atoms. The molecule has 0 saturated carbocycles. The van der Waals surface area contributed by atoms with Gasteiger partial charge in [0, 0.05) is 18.3 Å². The average molecular weight is 285 g/mol. The van der Waals surface area contributed by atoms with Crippen LogP contribution in [0.2, 0.25) is 0 Å². The van der Waals surface area contributed by atoms with Crippen LogP contribution in [0.1, 0.15) is 35.6 Å². The molecule has 0 saturated heterocycles. The molecule has 0 radical (unpaired) electrons. The Labute approximate surface area is 124 Å². The van der Waals surface area contributed by atoms with Gasteiger partial charge in [0.2, 0.25) is 0 Å². The summed E-state index contributed by atoms with van der Waals surface area (Å²) in [6, 6.07) is 8.44. The average Bonchev–Trinajstić information content (AvgIpc) is 2.48. The number of carbonyl (C=O) groups excluding carboxylic acids is 1. The highest BCUT2D eigenvalue weighted by Crippen LogP contribution is 2.22. The Hall–Kier alpha value is -2.43. The van der Waals surface area contributed by atoms with E-state index in [9.17, 15) is 9.90 Å². The summed E-state index contributed by atoms with van der Waals surface area (Å²) >= 11 is 0. The van der Waals surface area contributed by atoms with E-state index < -0.39 is 0 Å². The molecule has 1 amide bonds. The number of nitrogens with zero attached hydrogens (tertiary/aromatic N) is 3. The zero-order valence-electron chi connectivity index (χ0n) is 12.5. The minimum atomic E-state index is -0.127. The first-order valence-electron chi connectivity index (χ1n) is 7.00. The molecule has 5 heteroatoms.